The molecule has 0 aromatic heterocycles. The standard InChI is InChI=1S/C25H43NO3/c1-5-6-14-25(2,29)15-10-12-21-22-17-19(16-20(22)18-23(21)27)11-8-7-9-13-24(28)26(3)4/h10,12,16,20-23,27,29H,5-9,11,13-15,17-18H2,1-4H3/t20-,21+,22-,23+,25-/m0/s1. The van der Waals surface area contributed by atoms with Crippen LogP contribution in [0.2, 0.25) is 0 Å². The predicted molar refractivity (Wildman–Crippen MR) is 119 cm³/mol. The maximum Gasteiger partial charge on any atom is 0.222 e. The van der Waals surface area contributed by atoms with Gasteiger partial charge < -0.3 is 15.1 Å². The molecule has 0 bridgehead atoms. The van der Waals surface area contributed by atoms with E-state index in [1.807, 2.05) is 21.0 Å². The molecule has 4 heteroatoms. The van der Waals surface area contributed by atoms with Gasteiger partial charge in [0.15, 0.2) is 0 Å². The Kier molecular flexibility index (Phi) is 9.42. The summed E-state index contributed by atoms with van der Waals surface area (Å²) in [6.45, 7) is 4.07. The summed E-state index contributed by atoms with van der Waals surface area (Å²) in [7, 11) is 3.63. The summed E-state index contributed by atoms with van der Waals surface area (Å²) in [4.78, 5) is 13.3. The second-order valence-electron chi connectivity index (χ2n) is 9.82. The van der Waals surface area contributed by atoms with Crippen molar-refractivity contribution in [2.75, 3.05) is 14.1 Å². The number of hydrogen-bond acceptors (Lipinski definition) is 3. The lowest BCUT2D eigenvalue weighted by Gasteiger charge is -2.22. The number of carbonyl (C=O) groups is 1. The molecule has 1 saturated carbocycles. The molecular weight excluding hydrogens is 362 g/mol. The van der Waals surface area contributed by atoms with Crippen molar-refractivity contribution in [3.8, 4) is 0 Å². The number of fused-ring (bicyclic) bond motifs is 1. The van der Waals surface area contributed by atoms with Gasteiger partial charge in [0, 0.05) is 26.4 Å². The third-order valence-corrected chi connectivity index (χ3v) is 6.82. The van der Waals surface area contributed by atoms with Crippen LogP contribution >= 0.6 is 0 Å². The van der Waals surface area contributed by atoms with Crippen molar-refractivity contribution >= 4 is 5.91 Å². The normalized spacial score (nSPS) is 28.4. The molecule has 0 saturated heterocycles. The van der Waals surface area contributed by atoms with Gasteiger partial charge in [-0.3, -0.25) is 4.79 Å². The number of carbonyl (C=O) groups excluding carboxylic acids is 1. The van der Waals surface area contributed by atoms with E-state index >= 15 is 0 Å². The number of unbranched alkanes of at least 4 members (excludes halogenated alkanes) is 3. The van der Waals surface area contributed by atoms with E-state index in [0.29, 0.717) is 24.7 Å². The zero-order valence-corrected chi connectivity index (χ0v) is 19.1. The van der Waals surface area contributed by atoms with E-state index in [9.17, 15) is 15.0 Å². The summed E-state index contributed by atoms with van der Waals surface area (Å²) in [6.07, 6.45) is 17.1. The van der Waals surface area contributed by atoms with E-state index in [1.165, 1.54) is 0 Å². The van der Waals surface area contributed by atoms with Crippen molar-refractivity contribution in [3.05, 3.63) is 23.8 Å². The highest BCUT2D eigenvalue weighted by Crippen LogP contribution is 2.48. The quantitative estimate of drug-likeness (QED) is 0.360. The van der Waals surface area contributed by atoms with Gasteiger partial charge in [-0.25, -0.2) is 0 Å². The molecule has 166 valence electrons. The summed E-state index contributed by atoms with van der Waals surface area (Å²) < 4.78 is 0. The lowest BCUT2D eigenvalue weighted by molar-refractivity contribution is -0.128. The number of rotatable bonds is 12. The molecule has 0 heterocycles. The SMILES string of the molecule is CCCC[C@](C)(O)CC=C[C@@H]1[C@H]2CC(CCCCCC(=O)N(C)C)=C[C@H]2C[C@H]1O. The Morgan fingerprint density at radius 3 is 2.72 bits per heavy atom. The first-order chi connectivity index (χ1) is 13.7. The first-order valence-corrected chi connectivity index (χ1v) is 11.7. The summed E-state index contributed by atoms with van der Waals surface area (Å²) in [5.41, 5.74) is 0.905. The van der Waals surface area contributed by atoms with Gasteiger partial charge in [0.1, 0.15) is 0 Å². The third kappa shape index (κ3) is 7.57. The smallest absolute Gasteiger partial charge is 0.222 e. The highest BCUT2D eigenvalue weighted by atomic mass is 16.3. The van der Waals surface area contributed by atoms with Crippen LogP contribution in [0.25, 0.3) is 0 Å². The van der Waals surface area contributed by atoms with Gasteiger partial charge in [-0.2, -0.15) is 0 Å². The molecule has 4 nitrogen and oxygen atoms in total. The molecule has 29 heavy (non-hydrogen) atoms. The number of allylic oxidation sites excluding steroid dienone is 2. The maximum atomic E-state index is 11.6. The predicted octanol–water partition coefficient (Wildman–Crippen LogP) is 4.86. The Morgan fingerprint density at radius 1 is 1.28 bits per heavy atom. The number of aliphatic hydroxyl groups excluding tert-OH is 1. The fourth-order valence-electron chi connectivity index (χ4n) is 4.96. The Bertz CT molecular complexity index is 579. The molecule has 0 aliphatic heterocycles. The van der Waals surface area contributed by atoms with Crippen LogP contribution in [0.3, 0.4) is 0 Å². The summed E-state index contributed by atoms with van der Waals surface area (Å²) >= 11 is 0. The van der Waals surface area contributed by atoms with E-state index in [4.69, 9.17) is 0 Å². The highest BCUT2D eigenvalue weighted by Gasteiger charge is 2.43. The largest absolute Gasteiger partial charge is 0.392 e. The maximum absolute atomic E-state index is 11.6. The van der Waals surface area contributed by atoms with Gasteiger partial charge in [-0.1, -0.05) is 50.0 Å². The topological polar surface area (TPSA) is 60.8 Å². The van der Waals surface area contributed by atoms with Gasteiger partial charge in [-0.05, 0) is 63.7 Å². The number of amides is 1. The van der Waals surface area contributed by atoms with Crippen LogP contribution in [0.1, 0.15) is 84.5 Å². The van der Waals surface area contributed by atoms with Crippen molar-refractivity contribution in [1.29, 1.82) is 0 Å². The molecular formula is C25H43NO3. The average molecular weight is 406 g/mol. The van der Waals surface area contributed by atoms with Gasteiger partial charge in [0.25, 0.3) is 0 Å². The Balaban J connectivity index is 1.74. The molecule has 2 aliphatic rings. The first-order valence-electron chi connectivity index (χ1n) is 11.7. The van der Waals surface area contributed by atoms with Crippen LogP contribution in [0.15, 0.2) is 23.8 Å². The zero-order valence-electron chi connectivity index (χ0n) is 19.1. The van der Waals surface area contributed by atoms with Gasteiger partial charge >= 0.3 is 0 Å². The van der Waals surface area contributed by atoms with E-state index in [0.717, 1.165) is 57.8 Å². The number of nitrogens with zero attached hydrogens (tertiary/aromatic N) is 1. The molecule has 5 atom stereocenters. The Hall–Kier alpha value is -1.13. The molecule has 2 aliphatic carbocycles. The van der Waals surface area contributed by atoms with E-state index in [2.05, 4.69) is 25.2 Å². The second kappa shape index (κ2) is 11.3. The Morgan fingerprint density at radius 2 is 2.03 bits per heavy atom. The van der Waals surface area contributed by atoms with Gasteiger partial charge in [0.2, 0.25) is 5.91 Å². The molecule has 0 radical (unpaired) electrons. The van der Waals surface area contributed by atoms with Gasteiger partial charge in [0.05, 0.1) is 11.7 Å². The summed E-state index contributed by atoms with van der Waals surface area (Å²) in [6, 6.07) is 0. The first kappa shape index (κ1) is 24.1. The third-order valence-electron chi connectivity index (χ3n) is 6.82. The van der Waals surface area contributed by atoms with Crippen molar-refractivity contribution < 1.29 is 15.0 Å². The minimum atomic E-state index is -0.636. The summed E-state index contributed by atoms with van der Waals surface area (Å²) in [5.74, 6) is 1.46. The molecule has 0 unspecified atom stereocenters. The van der Waals surface area contributed by atoms with Crippen LogP contribution < -0.4 is 0 Å². The van der Waals surface area contributed by atoms with E-state index in [1.54, 1.807) is 10.5 Å². The Labute approximate surface area is 178 Å². The van der Waals surface area contributed by atoms with Gasteiger partial charge in [-0.15, -0.1) is 0 Å². The van der Waals surface area contributed by atoms with E-state index < -0.39 is 5.60 Å². The van der Waals surface area contributed by atoms with Crippen LogP contribution in [0.4, 0.5) is 0 Å². The minimum absolute atomic E-state index is 0.216. The summed E-state index contributed by atoms with van der Waals surface area (Å²) in [5, 5.41) is 21.0. The fourth-order valence-corrected chi connectivity index (χ4v) is 4.96. The number of aliphatic hydroxyl groups is 2. The fraction of sp³-hybridized carbons (Fsp3) is 0.800. The van der Waals surface area contributed by atoms with Crippen LogP contribution in [0.5, 0.6) is 0 Å². The molecule has 0 spiro atoms. The molecule has 1 fully saturated rings. The van der Waals surface area contributed by atoms with Crippen LogP contribution in [0, 0.1) is 17.8 Å². The van der Waals surface area contributed by atoms with Crippen molar-refractivity contribution in [1.82, 2.24) is 4.90 Å². The zero-order chi connectivity index (χ0) is 21.4. The molecule has 0 aromatic rings. The van der Waals surface area contributed by atoms with Crippen molar-refractivity contribution in [2.45, 2.75) is 96.2 Å². The van der Waals surface area contributed by atoms with E-state index in [-0.39, 0.29) is 17.9 Å². The lowest BCUT2D eigenvalue weighted by atomic mass is 9.87. The molecule has 2 N–H and O–H groups in total. The van der Waals surface area contributed by atoms with Crippen LogP contribution in [-0.2, 0) is 4.79 Å². The molecule has 0 aromatic carbocycles. The molecule has 1 amide bonds. The highest BCUT2D eigenvalue weighted by molar-refractivity contribution is 5.75. The monoisotopic (exact) mass is 405 g/mol. The lowest BCUT2D eigenvalue weighted by Crippen LogP contribution is -2.23. The van der Waals surface area contributed by atoms with Crippen LogP contribution in [-0.4, -0.2) is 46.8 Å². The van der Waals surface area contributed by atoms with Crippen molar-refractivity contribution in [2.24, 2.45) is 17.8 Å². The minimum Gasteiger partial charge on any atom is -0.392 e. The average Bonchev–Trinajstić information content (AvgIpc) is 3.17. The number of hydrogen-bond donors (Lipinski definition) is 2. The molecule has 2 rings (SSSR count). The second-order valence-corrected chi connectivity index (χ2v) is 9.82. The van der Waals surface area contributed by atoms with Crippen molar-refractivity contribution in [3.63, 3.8) is 0 Å².